The monoisotopic (exact) mass is 275 g/mol. The highest BCUT2D eigenvalue weighted by Gasteiger charge is 2.06. The van der Waals surface area contributed by atoms with Crippen LogP contribution in [0.25, 0.3) is 0 Å². The average molecular weight is 275 g/mol. The fourth-order valence-corrected chi connectivity index (χ4v) is 1.61. The highest BCUT2D eigenvalue weighted by molar-refractivity contribution is 5.20. The molecule has 0 saturated heterocycles. The van der Waals surface area contributed by atoms with Gasteiger partial charge in [-0.1, -0.05) is 13.8 Å². The zero-order valence-corrected chi connectivity index (χ0v) is 12.4. The summed E-state index contributed by atoms with van der Waals surface area (Å²) in [5, 5.41) is 7.52. The highest BCUT2D eigenvalue weighted by atomic mass is 16.5. The summed E-state index contributed by atoms with van der Waals surface area (Å²) < 4.78 is 7.51. The summed E-state index contributed by atoms with van der Waals surface area (Å²) in [7, 11) is 0. The van der Waals surface area contributed by atoms with Gasteiger partial charge in [0, 0.05) is 24.8 Å². The van der Waals surface area contributed by atoms with Gasteiger partial charge in [-0.25, -0.2) is 4.98 Å². The van der Waals surface area contributed by atoms with Crippen molar-refractivity contribution in [3.05, 3.63) is 30.5 Å². The summed E-state index contributed by atoms with van der Waals surface area (Å²) in [6, 6.07) is 0.714. The van der Waals surface area contributed by atoms with Crippen LogP contribution < -0.4 is 10.1 Å². The Labute approximate surface area is 119 Å². The molecule has 0 unspecified atom stereocenters. The third-order valence-corrected chi connectivity index (χ3v) is 2.68. The lowest BCUT2D eigenvalue weighted by molar-refractivity contribution is 0.451. The fourth-order valence-electron chi connectivity index (χ4n) is 1.61. The van der Waals surface area contributed by atoms with E-state index in [1.807, 2.05) is 10.9 Å². The van der Waals surface area contributed by atoms with Crippen molar-refractivity contribution in [2.45, 2.75) is 46.3 Å². The molecule has 0 atom stereocenters. The first-order valence-electron chi connectivity index (χ1n) is 6.81. The minimum atomic E-state index is 0.306. The van der Waals surface area contributed by atoms with Crippen LogP contribution in [0.2, 0.25) is 0 Å². The molecule has 0 aliphatic carbocycles. The molecule has 2 aromatic rings. The van der Waals surface area contributed by atoms with Gasteiger partial charge in [0.15, 0.2) is 5.75 Å². The van der Waals surface area contributed by atoms with Gasteiger partial charge in [-0.2, -0.15) is 5.10 Å². The lowest BCUT2D eigenvalue weighted by atomic mass is 10.3. The Bertz CT molecular complexity index is 550. The van der Waals surface area contributed by atoms with E-state index < -0.39 is 0 Å². The molecule has 1 N–H and O–H groups in total. The van der Waals surface area contributed by atoms with Crippen molar-refractivity contribution >= 4 is 0 Å². The molecule has 108 valence electrons. The van der Waals surface area contributed by atoms with Crippen LogP contribution >= 0.6 is 0 Å². The molecule has 0 aromatic carbocycles. The SMILES string of the molecule is CC(C)NCc1cncc(Oc2cnn(C(C)C)c2)n1. The number of hydrogen-bond acceptors (Lipinski definition) is 5. The predicted octanol–water partition coefficient (Wildman–Crippen LogP) is 2.54. The van der Waals surface area contributed by atoms with Gasteiger partial charge < -0.3 is 10.1 Å². The van der Waals surface area contributed by atoms with Crippen molar-refractivity contribution in [1.29, 1.82) is 0 Å². The molecule has 6 nitrogen and oxygen atoms in total. The van der Waals surface area contributed by atoms with Crippen molar-refractivity contribution < 1.29 is 4.74 Å². The largest absolute Gasteiger partial charge is 0.434 e. The number of aromatic nitrogens is 4. The summed E-state index contributed by atoms with van der Waals surface area (Å²) in [4.78, 5) is 8.56. The molecule has 0 radical (unpaired) electrons. The van der Waals surface area contributed by atoms with E-state index in [-0.39, 0.29) is 0 Å². The summed E-state index contributed by atoms with van der Waals surface area (Å²) in [5.41, 5.74) is 0.854. The molecule has 2 heterocycles. The van der Waals surface area contributed by atoms with Crippen molar-refractivity contribution in [2.24, 2.45) is 0 Å². The second kappa shape index (κ2) is 6.47. The smallest absolute Gasteiger partial charge is 0.238 e. The standard InChI is InChI=1S/C14H21N5O/c1-10(2)16-6-12-5-15-8-14(18-12)20-13-7-17-19(9-13)11(3)4/h5,7-11,16H,6H2,1-4H3. The average Bonchev–Trinajstić information content (AvgIpc) is 2.85. The van der Waals surface area contributed by atoms with Crippen molar-refractivity contribution in [3.63, 3.8) is 0 Å². The van der Waals surface area contributed by atoms with Crippen LogP contribution in [0.4, 0.5) is 0 Å². The van der Waals surface area contributed by atoms with E-state index in [1.165, 1.54) is 0 Å². The Morgan fingerprint density at radius 2 is 2.00 bits per heavy atom. The van der Waals surface area contributed by atoms with Crippen molar-refractivity contribution in [3.8, 4) is 11.6 Å². The van der Waals surface area contributed by atoms with Crippen LogP contribution in [0.1, 0.15) is 39.4 Å². The number of nitrogens with one attached hydrogen (secondary N) is 1. The molecule has 6 heteroatoms. The molecule has 0 saturated carbocycles. The second-order valence-electron chi connectivity index (χ2n) is 5.24. The van der Waals surface area contributed by atoms with Gasteiger partial charge in [0.2, 0.25) is 5.88 Å². The van der Waals surface area contributed by atoms with E-state index in [9.17, 15) is 0 Å². The maximum absolute atomic E-state index is 5.67. The summed E-state index contributed by atoms with van der Waals surface area (Å²) in [6.07, 6.45) is 6.87. The molecule has 0 aliphatic heterocycles. The van der Waals surface area contributed by atoms with Gasteiger partial charge in [-0.15, -0.1) is 0 Å². The highest BCUT2D eigenvalue weighted by Crippen LogP contribution is 2.19. The maximum Gasteiger partial charge on any atom is 0.238 e. The van der Waals surface area contributed by atoms with E-state index in [0.29, 0.717) is 30.3 Å². The number of hydrogen-bond donors (Lipinski definition) is 1. The lowest BCUT2D eigenvalue weighted by Crippen LogP contribution is -2.22. The first-order valence-corrected chi connectivity index (χ1v) is 6.81. The summed E-state index contributed by atoms with van der Waals surface area (Å²) in [6.45, 7) is 8.98. The maximum atomic E-state index is 5.67. The quantitative estimate of drug-likeness (QED) is 0.877. The van der Waals surface area contributed by atoms with Gasteiger partial charge in [0.05, 0.1) is 24.3 Å². The van der Waals surface area contributed by atoms with Gasteiger partial charge in [-0.05, 0) is 13.8 Å². The van der Waals surface area contributed by atoms with Gasteiger partial charge >= 0.3 is 0 Å². The predicted molar refractivity (Wildman–Crippen MR) is 76.7 cm³/mol. The lowest BCUT2D eigenvalue weighted by Gasteiger charge is -2.08. The molecule has 0 fully saturated rings. The third kappa shape index (κ3) is 4.03. The first-order chi connectivity index (χ1) is 9.54. The Hall–Kier alpha value is -1.95. The Morgan fingerprint density at radius 1 is 1.20 bits per heavy atom. The van der Waals surface area contributed by atoms with Crippen LogP contribution in [-0.2, 0) is 6.54 Å². The molecule has 0 bridgehead atoms. The number of rotatable bonds is 6. The minimum absolute atomic E-state index is 0.306. The van der Waals surface area contributed by atoms with E-state index in [2.05, 4.69) is 48.1 Å². The topological polar surface area (TPSA) is 64.9 Å². The molecule has 0 aliphatic rings. The van der Waals surface area contributed by atoms with Crippen LogP contribution in [0.5, 0.6) is 11.6 Å². The normalized spacial score (nSPS) is 11.3. The van der Waals surface area contributed by atoms with Crippen LogP contribution in [0, 0.1) is 0 Å². The van der Waals surface area contributed by atoms with Gasteiger partial charge in [0.1, 0.15) is 0 Å². The molecule has 2 rings (SSSR count). The first kappa shape index (κ1) is 14.5. The van der Waals surface area contributed by atoms with E-state index in [1.54, 1.807) is 18.6 Å². The third-order valence-electron chi connectivity index (χ3n) is 2.68. The molecular formula is C14H21N5O. The zero-order chi connectivity index (χ0) is 14.5. The van der Waals surface area contributed by atoms with E-state index in [0.717, 1.165) is 5.69 Å². The van der Waals surface area contributed by atoms with E-state index >= 15 is 0 Å². The molecule has 0 spiro atoms. The summed E-state index contributed by atoms with van der Waals surface area (Å²) >= 11 is 0. The molecule has 0 amide bonds. The number of ether oxygens (including phenoxy) is 1. The number of nitrogens with zero attached hydrogens (tertiary/aromatic N) is 4. The summed E-state index contributed by atoms with van der Waals surface area (Å²) in [5.74, 6) is 1.15. The van der Waals surface area contributed by atoms with Crippen LogP contribution in [0.3, 0.4) is 0 Å². The Morgan fingerprint density at radius 3 is 2.65 bits per heavy atom. The van der Waals surface area contributed by atoms with Crippen LogP contribution in [0.15, 0.2) is 24.8 Å². The molecule has 2 aromatic heterocycles. The van der Waals surface area contributed by atoms with Crippen LogP contribution in [-0.4, -0.2) is 25.8 Å². The van der Waals surface area contributed by atoms with Gasteiger partial charge in [-0.3, -0.25) is 9.67 Å². The van der Waals surface area contributed by atoms with Gasteiger partial charge in [0.25, 0.3) is 0 Å². The van der Waals surface area contributed by atoms with Crippen molar-refractivity contribution in [2.75, 3.05) is 0 Å². The Balaban J connectivity index is 2.03. The zero-order valence-electron chi connectivity index (χ0n) is 12.4. The molecule has 20 heavy (non-hydrogen) atoms. The second-order valence-corrected chi connectivity index (χ2v) is 5.24. The van der Waals surface area contributed by atoms with E-state index in [4.69, 9.17) is 4.74 Å². The fraction of sp³-hybridized carbons (Fsp3) is 0.500. The Kier molecular flexibility index (Phi) is 4.68. The minimum Gasteiger partial charge on any atom is -0.434 e. The molecular weight excluding hydrogens is 254 g/mol. The van der Waals surface area contributed by atoms with Crippen molar-refractivity contribution in [1.82, 2.24) is 25.1 Å².